The third-order valence-corrected chi connectivity index (χ3v) is 12.2. The molecule has 1 atom stereocenters. The minimum atomic E-state index is 0.169. The summed E-state index contributed by atoms with van der Waals surface area (Å²) in [5, 5.41) is 5.02. The van der Waals surface area contributed by atoms with E-state index in [1.54, 1.807) is 0 Å². The molecule has 2 aliphatic rings. The van der Waals surface area contributed by atoms with Gasteiger partial charge in [0.1, 0.15) is 0 Å². The molecule has 2 heteroatoms. The summed E-state index contributed by atoms with van der Waals surface area (Å²) < 4.78 is 4.75. The van der Waals surface area contributed by atoms with Gasteiger partial charge in [-0.15, -0.1) is 0 Å². The smallest absolute Gasteiger partial charge is 0.0541 e. The van der Waals surface area contributed by atoms with Crippen LogP contribution >= 0.6 is 0 Å². The molecule has 2 aliphatic carbocycles. The van der Waals surface area contributed by atoms with Crippen LogP contribution in [0.4, 0.5) is 0 Å². The topological polar surface area (TPSA) is 9.86 Å². The van der Waals surface area contributed by atoms with Crippen LogP contribution in [0.15, 0.2) is 218 Å². The van der Waals surface area contributed by atoms with Crippen molar-refractivity contribution in [3.8, 4) is 11.4 Å². The number of allylic oxidation sites excluding steroid dienone is 10. The highest BCUT2D eigenvalue weighted by atomic mass is 15.0. The molecule has 0 radical (unpaired) electrons. The maximum Gasteiger partial charge on any atom is 0.0541 e. The van der Waals surface area contributed by atoms with E-state index < -0.39 is 0 Å². The summed E-state index contributed by atoms with van der Waals surface area (Å²) in [6, 6.07) is 59.5. The molecule has 0 fully saturated rings. The Morgan fingerprint density at radius 1 is 0.569 bits per heavy atom. The number of hydrogen-bond donors (Lipinski definition) is 0. The van der Waals surface area contributed by atoms with E-state index in [-0.39, 0.29) is 5.92 Å². The minimum absolute atomic E-state index is 0.169. The minimum Gasteiger partial charge on any atom is -0.309 e. The molecule has 58 heavy (non-hydrogen) atoms. The number of aromatic nitrogens is 2. The first-order chi connectivity index (χ1) is 28.7. The highest BCUT2D eigenvalue weighted by Gasteiger charge is 2.28. The Kier molecular flexibility index (Phi) is 7.97. The number of nitrogens with zero attached hydrogens (tertiary/aromatic N) is 2. The molecular formula is C56H40N2. The van der Waals surface area contributed by atoms with E-state index in [9.17, 15) is 0 Å². The van der Waals surface area contributed by atoms with Crippen LogP contribution in [-0.4, -0.2) is 9.13 Å². The predicted molar refractivity (Wildman–Crippen MR) is 247 cm³/mol. The largest absolute Gasteiger partial charge is 0.309 e. The average Bonchev–Trinajstić information content (AvgIpc) is 3.96. The van der Waals surface area contributed by atoms with Crippen LogP contribution in [0.25, 0.3) is 71.7 Å². The fourth-order valence-electron chi connectivity index (χ4n) is 9.59. The molecule has 2 nitrogen and oxygen atoms in total. The van der Waals surface area contributed by atoms with Gasteiger partial charge in [0.15, 0.2) is 0 Å². The van der Waals surface area contributed by atoms with Crippen molar-refractivity contribution in [2.24, 2.45) is 5.92 Å². The fraction of sp³-hybridized carbons (Fsp3) is 0.0357. The molecule has 2 heterocycles. The van der Waals surface area contributed by atoms with Crippen molar-refractivity contribution < 1.29 is 0 Å². The molecule has 0 saturated carbocycles. The zero-order valence-electron chi connectivity index (χ0n) is 32.3. The van der Waals surface area contributed by atoms with Crippen molar-refractivity contribution in [1.29, 1.82) is 0 Å². The summed E-state index contributed by atoms with van der Waals surface area (Å²) in [6.45, 7) is 6.44. The van der Waals surface area contributed by atoms with Crippen LogP contribution in [0.1, 0.15) is 27.8 Å². The van der Waals surface area contributed by atoms with Gasteiger partial charge in [0, 0.05) is 38.8 Å². The molecule has 274 valence electrons. The van der Waals surface area contributed by atoms with Crippen molar-refractivity contribution in [3.05, 3.63) is 246 Å². The van der Waals surface area contributed by atoms with E-state index >= 15 is 0 Å². The van der Waals surface area contributed by atoms with Crippen LogP contribution in [-0.2, 0) is 0 Å². The molecule has 0 spiro atoms. The normalized spacial score (nSPS) is 15.2. The van der Waals surface area contributed by atoms with Crippen LogP contribution in [0.2, 0.25) is 0 Å². The van der Waals surface area contributed by atoms with Crippen molar-refractivity contribution in [1.82, 2.24) is 9.13 Å². The number of rotatable bonds is 7. The predicted octanol–water partition coefficient (Wildman–Crippen LogP) is 14.4. The summed E-state index contributed by atoms with van der Waals surface area (Å²) in [6.07, 6.45) is 15.7. The van der Waals surface area contributed by atoms with E-state index in [2.05, 4.69) is 223 Å². The molecule has 0 amide bonds. The lowest BCUT2D eigenvalue weighted by Crippen LogP contribution is -2.07. The number of fused-ring (bicyclic) bond motifs is 7. The third-order valence-electron chi connectivity index (χ3n) is 12.2. The molecular weight excluding hydrogens is 701 g/mol. The van der Waals surface area contributed by atoms with Crippen molar-refractivity contribution in [2.75, 3.05) is 0 Å². The van der Waals surface area contributed by atoms with E-state index in [4.69, 9.17) is 0 Å². The van der Waals surface area contributed by atoms with Crippen molar-refractivity contribution >= 4 is 60.3 Å². The van der Waals surface area contributed by atoms with E-state index in [1.165, 1.54) is 99.4 Å². The molecule has 1 unspecified atom stereocenters. The van der Waals surface area contributed by atoms with E-state index in [0.717, 1.165) is 5.69 Å². The summed E-state index contributed by atoms with van der Waals surface area (Å²) in [4.78, 5) is 0. The molecule has 0 N–H and O–H groups in total. The van der Waals surface area contributed by atoms with E-state index in [1.807, 2.05) is 6.08 Å². The lowest BCUT2D eigenvalue weighted by Gasteiger charge is -2.23. The zero-order chi connectivity index (χ0) is 38.7. The van der Waals surface area contributed by atoms with Gasteiger partial charge in [-0.3, -0.25) is 0 Å². The molecule has 9 aromatic rings. The van der Waals surface area contributed by atoms with Gasteiger partial charge < -0.3 is 9.13 Å². The highest BCUT2D eigenvalue weighted by molar-refractivity contribution is 6.12. The maximum atomic E-state index is 4.16. The van der Waals surface area contributed by atoms with Gasteiger partial charge in [-0.25, -0.2) is 0 Å². The van der Waals surface area contributed by atoms with Crippen LogP contribution < -0.4 is 0 Å². The van der Waals surface area contributed by atoms with Gasteiger partial charge in [0.25, 0.3) is 0 Å². The van der Waals surface area contributed by atoms with Crippen molar-refractivity contribution in [3.63, 3.8) is 0 Å². The Balaban J connectivity index is 0.981. The Morgan fingerprint density at radius 3 is 1.84 bits per heavy atom. The summed E-state index contributed by atoms with van der Waals surface area (Å²) >= 11 is 0. The SMILES string of the molecule is C=C/C=C(/c1ccc2c(c1)c1ccccc1n2-c1ccccc1)c1cccc(C2=CC=CC3=C(c4ccc5c(c4)c4ccccc4n5-c4ccccc4)C=CC23)c1C. The van der Waals surface area contributed by atoms with Crippen LogP contribution in [0.5, 0.6) is 0 Å². The Bertz CT molecular complexity index is 3280. The second kappa shape index (κ2) is 13.7. The molecule has 2 aromatic heterocycles. The number of benzene rings is 7. The summed E-state index contributed by atoms with van der Waals surface area (Å²) in [5.74, 6) is 0.169. The van der Waals surface area contributed by atoms with Gasteiger partial charge in [-0.1, -0.05) is 152 Å². The van der Waals surface area contributed by atoms with Crippen LogP contribution in [0.3, 0.4) is 0 Å². The van der Waals surface area contributed by atoms with Gasteiger partial charge >= 0.3 is 0 Å². The molecule has 11 rings (SSSR count). The lowest BCUT2D eigenvalue weighted by atomic mass is 9.80. The van der Waals surface area contributed by atoms with Gasteiger partial charge in [-0.05, 0) is 118 Å². The monoisotopic (exact) mass is 740 g/mol. The second-order valence-electron chi connectivity index (χ2n) is 15.3. The van der Waals surface area contributed by atoms with Gasteiger partial charge in [0.2, 0.25) is 0 Å². The summed E-state index contributed by atoms with van der Waals surface area (Å²) in [5.41, 5.74) is 18.5. The molecule has 0 bridgehead atoms. The van der Waals surface area contributed by atoms with Gasteiger partial charge in [-0.2, -0.15) is 0 Å². The molecule has 0 saturated heterocycles. The Labute approximate surface area is 338 Å². The first-order valence-electron chi connectivity index (χ1n) is 20.1. The number of hydrogen-bond acceptors (Lipinski definition) is 0. The fourth-order valence-corrected chi connectivity index (χ4v) is 9.59. The second-order valence-corrected chi connectivity index (χ2v) is 15.3. The standard InChI is InChI=1S/C56H40N2/c1-3-16-44(38-29-33-55-51(35-38)49-21-10-12-27-53(49)57(55)40-17-6-4-7-18-40)42-23-14-24-43(37(42)2)46-25-15-26-47-45(31-32-48(46)47)39-30-34-56-52(36-39)50-22-11-13-28-54(50)58(56)41-19-8-5-9-20-41/h3-36,48H,1H2,2H3/b44-16-. The maximum absolute atomic E-state index is 4.16. The first kappa shape index (κ1) is 33.9. The van der Waals surface area contributed by atoms with Crippen LogP contribution in [0, 0.1) is 12.8 Å². The summed E-state index contributed by atoms with van der Waals surface area (Å²) in [7, 11) is 0. The quantitative estimate of drug-likeness (QED) is 0.144. The first-order valence-corrected chi connectivity index (χ1v) is 20.1. The molecule has 7 aromatic carbocycles. The van der Waals surface area contributed by atoms with Gasteiger partial charge in [0.05, 0.1) is 22.1 Å². The highest BCUT2D eigenvalue weighted by Crippen LogP contribution is 2.46. The Morgan fingerprint density at radius 2 is 1.17 bits per heavy atom. The zero-order valence-corrected chi connectivity index (χ0v) is 32.3. The van der Waals surface area contributed by atoms with Crippen molar-refractivity contribution in [2.45, 2.75) is 6.92 Å². The van der Waals surface area contributed by atoms with E-state index in [0.29, 0.717) is 0 Å². The molecule has 0 aliphatic heterocycles. The lowest BCUT2D eigenvalue weighted by molar-refractivity contribution is 1.04. The third kappa shape index (κ3) is 5.26. The average molecular weight is 741 g/mol. The Hall–Kier alpha value is -7.42. The number of para-hydroxylation sites is 4.